The third-order valence-corrected chi connectivity index (χ3v) is 5.96. The van der Waals surface area contributed by atoms with Gasteiger partial charge in [-0.2, -0.15) is 10.5 Å². The van der Waals surface area contributed by atoms with Crippen LogP contribution in [0.25, 0.3) is 0 Å². The van der Waals surface area contributed by atoms with Gasteiger partial charge in [0.2, 0.25) is 0 Å². The average Bonchev–Trinajstić information content (AvgIpc) is 3.07. The van der Waals surface area contributed by atoms with Crippen molar-refractivity contribution >= 4 is 17.4 Å². The highest BCUT2D eigenvalue weighted by Gasteiger charge is 2.40. The van der Waals surface area contributed by atoms with Crippen molar-refractivity contribution in [1.29, 1.82) is 10.5 Å². The number of hydrogen-bond donors (Lipinski definition) is 1. The van der Waals surface area contributed by atoms with Crippen molar-refractivity contribution in [2.45, 2.75) is 24.2 Å². The van der Waals surface area contributed by atoms with E-state index in [4.69, 9.17) is 5.73 Å². The van der Waals surface area contributed by atoms with Crippen LogP contribution in [0, 0.1) is 22.7 Å². The number of nitriles is 2. The van der Waals surface area contributed by atoms with Crippen LogP contribution in [0.2, 0.25) is 0 Å². The molecule has 2 heterocycles. The van der Waals surface area contributed by atoms with Gasteiger partial charge >= 0.3 is 0 Å². The van der Waals surface area contributed by atoms with Crippen LogP contribution in [0.1, 0.15) is 24.0 Å². The van der Waals surface area contributed by atoms with Gasteiger partial charge in [0.1, 0.15) is 10.9 Å². The summed E-state index contributed by atoms with van der Waals surface area (Å²) in [6.45, 7) is 2.10. The van der Waals surface area contributed by atoms with Crippen LogP contribution in [0.15, 0.2) is 75.4 Å². The Hall–Kier alpha value is -3.15. The summed E-state index contributed by atoms with van der Waals surface area (Å²) in [5.41, 5.74) is 10.5. The van der Waals surface area contributed by atoms with E-state index in [1.54, 1.807) is 0 Å². The number of nitrogens with zero attached hydrogens (tertiary/aromatic N) is 3. The predicted octanol–water partition coefficient (Wildman–Crippen LogP) is 4.39. The molecule has 1 unspecified atom stereocenters. The van der Waals surface area contributed by atoms with Gasteiger partial charge in [0, 0.05) is 4.90 Å². The Morgan fingerprint density at radius 3 is 2.38 bits per heavy atom. The second-order valence-electron chi connectivity index (χ2n) is 6.17. The highest BCUT2D eigenvalue weighted by atomic mass is 32.2. The van der Waals surface area contributed by atoms with Gasteiger partial charge in [0.15, 0.2) is 0 Å². The number of anilines is 1. The maximum atomic E-state index is 9.93. The van der Waals surface area contributed by atoms with E-state index >= 15 is 0 Å². The number of benzene rings is 2. The summed E-state index contributed by atoms with van der Waals surface area (Å²) in [5.74, 6) is -0.0208. The summed E-state index contributed by atoms with van der Waals surface area (Å²) < 4.78 is 0. The highest BCUT2D eigenvalue weighted by molar-refractivity contribution is 8.03. The van der Waals surface area contributed by atoms with Crippen molar-refractivity contribution in [2.75, 3.05) is 4.90 Å². The molecule has 4 rings (SSSR count). The molecule has 1 atom stereocenters. The molecule has 0 spiro atoms. The van der Waals surface area contributed by atoms with Crippen LogP contribution in [-0.2, 0) is 6.42 Å². The molecule has 26 heavy (non-hydrogen) atoms. The lowest BCUT2D eigenvalue weighted by molar-refractivity contribution is 0.883. The Bertz CT molecular complexity index is 1030. The fourth-order valence-corrected chi connectivity index (χ4v) is 4.63. The van der Waals surface area contributed by atoms with Gasteiger partial charge < -0.3 is 5.73 Å². The lowest BCUT2D eigenvalue weighted by Crippen LogP contribution is -2.32. The molecule has 0 saturated heterocycles. The molecule has 0 radical (unpaired) electrons. The van der Waals surface area contributed by atoms with E-state index in [0.29, 0.717) is 17.0 Å². The molecular weight excluding hydrogens is 340 g/mol. The second-order valence-corrected chi connectivity index (χ2v) is 7.21. The van der Waals surface area contributed by atoms with Gasteiger partial charge in [-0.3, -0.25) is 4.90 Å². The molecule has 0 fully saturated rings. The van der Waals surface area contributed by atoms with E-state index in [-0.39, 0.29) is 0 Å². The lowest BCUT2D eigenvalue weighted by Gasteiger charge is -2.31. The number of aryl methyl sites for hydroxylation is 1. The van der Waals surface area contributed by atoms with Crippen LogP contribution < -0.4 is 10.6 Å². The summed E-state index contributed by atoms with van der Waals surface area (Å²) in [6.07, 6.45) is 0.944. The zero-order chi connectivity index (χ0) is 18.3. The number of nitrogens with two attached hydrogens (primary N) is 1. The number of hydrogen-bond acceptors (Lipinski definition) is 5. The van der Waals surface area contributed by atoms with E-state index in [9.17, 15) is 10.5 Å². The number of allylic oxidation sites excluding steroid dienone is 2. The molecule has 5 heteroatoms. The van der Waals surface area contributed by atoms with Crippen LogP contribution >= 0.6 is 11.8 Å². The largest absolute Gasteiger partial charge is 0.384 e. The van der Waals surface area contributed by atoms with Gasteiger partial charge in [-0.05, 0) is 29.7 Å². The number of fused-ring (bicyclic) bond motifs is 3. The summed E-state index contributed by atoms with van der Waals surface area (Å²) in [4.78, 5) is 2.88. The lowest BCUT2D eigenvalue weighted by atomic mass is 9.83. The summed E-state index contributed by atoms with van der Waals surface area (Å²) in [6, 6.07) is 20.5. The third-order valence-electron chi connectivity index (χ3n) is 4.80. The first-order chi connectivity index (χ1) is 12.7. The Kier molecular flexibility index (Phi) is 3.95. The number of rotatable bonds is 2. The first kappa shape index (κ1) is 16.3. The Morgan fingerprint density at radius 2 is 1.73 bits per heavy atom. The van der Waals surface area contributed by atoms with Gasteiger partial charge in [-0.1, -0.05) is 55.1 Å². The van der Waals surface area contributed by atoms with Crippen LogP contribution in [-0.4, -0.2) is 0 Å². The van der Waals surface area contributed by atoms with E-state index in [0.717, 1.165) is 27.6 Å². The van der Waals surface area contributed by atoms with Gasteiger partial charge in [0.25, 0.3) is 0 Å². The van der Waals surface area contributed by atoms with Crippen LogP contribution in [0.4, 0.5) is 5.69 Å². The van der Waals surface area contributed by atoms with Gasteiger partial charge in [-0.25, -0.2) is 0 Å². The molecule has 126 valence electrons. The molecule has 0 bridgehead atoms. The van der Waals surface area contributed by atoms with Crippen LogP contribution in [0.3, 0.4) is 0 Å². The molecule has 0 aromatic heterocycles. The molecule has 0 amide bonds. The van der Waals surface area contributed by atoms with Crippen molar-refractivity contribution < 1.29 is 0 Å². The summed E-state index contributed by atoms with van der Waals surface area (Å²) >= 11 is 1.53. The Balaban J connectivity index is 1.92. The second kappa shape index (κ2) is 6.29. The maximum absolute atomic E-state index is 9.93. The van der Waals surface area contributed by atoms with E-state index in [1.165, 1.54) is 17.3 Å². The molecular formula is C21H16N4S. The normalized spacial score (nSPS) is 18.3. The monoisotopic (exact) mass is 356 g/mol. The quantitative estimate of drug-likeness (QED) is 0.863. The SMILES string of the molecule is CCc1ccc(C2C(C#N)=C(N)N3C(=C2C#N)Sc2ccccc23)cc1. The fourth-order valence-electron chi connectivity index (χ4n) is 3.45. The van der Waals surface area contributed by atoms with Gasteiger partial charge in [-0.15, -0.1) is 0 Å². The number of thioether (sulfide) groups is 1. The third kappa shape index (κ3) is 2.29. The summed E-state index contributed by atoms with van der Waals surface area (Å²) in [7, 11) is 0. The molecule has 0 aliphatic carbocycles. The van der Waals surface area contributed by atoms with E-state index in [1.807, 2.05) is 53.4 Å². The van der Waals surface area contributed by atoms with E-state index in [2.05, 4.69) is 19.1 Å². The fraction of sp³-hybridized carbons (Fsp3) is 0.143. The minimum Gasteiger partial charge on any atom is -0.384 e. The maximum Gasteiger partial charge on any atom is 0.123 e. The topological polar surface area (TPSA) is 76.8 Å². The molecule has 2 aliphatic rings. The molecule has 0 saturated carbocycles. The predicted molar refractivity (Wildman–Crippen MR) is 103 cm³/mol. The van der Waals surface area contributed by atoms with Crippen molar-refractivity contribution in [3.8, 4) is 12.1 Å². The zero-order valence-electron chi connectivity index (χ0n) is 14.2. The molecule has 2 aliphatic heterocycles. The molecule has 4 nitrogen and oxygen atoms in total. The van der Waals surface area contributed by atoms with Crippen molar-refractivity contribution in [1.82, 2.24) is 0 Å². The average molecular weight is 356 g/mol. The highest BCUT2D eigenvalue weighted by Crippen LogP contribution is 2.54. The molecule has 2 aromatic carbocycles. The number of para-hydroxylation sites is 1. The first-order valence-electron chi connectivity index (χ1n) is 8.39. The Labute approximate surface area is 156 Å². The smallest absolute Gasteiger partial charge is 0.123 e. The minimum absolute atomic E-state index is 0.406. The van der Waals surface area contributed by atoms with Crippen molar-refractivity contribution in [3.63, 3.8) is 0 Å². The standard InChI is InChI=1S/C21H16N4S/c1-2-13-7-9-14(10-8-13)19-15(11-22)20(24)25-17-5-3-4-6-18(17)26-21(25)16(19)12-23/h3-10,19H,2,24H2,1H3. The molecule has 2 N–H and O–H groups in total. The van der Waals surface area contributed by atoms with Crippen molar-refractivity contribution in [2.24, 2.45) is 5.73 Å². The molecule has 2 aromatic rings. The van der Waals surface area contributed by atoms with Gasteiger partial charge in [0.05, 0.1) is 34.9 Å². The van der Waals surface area contributed by atoms with Crippen LogP contribution in [0.5, 0.6) is 0 Å². The van der Waals surface area contributed by atoms with E-state index < -0.39 is 5.92 Å². The first-order valence-corrected chi connectivity index (χ1v) is 9.21. The summed E-state index contributed by atoms with van der Waals surface area (Å²) in [5, 5.41) is 20.6. The zero-order valence-corrected chi connectivity index (χ0v) is 15.0. The minimum atomic E-state index is -0.427. The Morgan fingerprint density at radius 1 is 1.04 bits per heavy atom. The van der Waals surface area contributed by atoms with Crippen molar-refractivity contribution in [3.05, 3.63) is 81.7 Å².